The summed E-state index contributed by atoms with van der Waals surface area (Å²) in [6.07, 6.45) is 6.06. The molecule has 0 amide bonds. The van der Waals surface area contributed by atoms with Gasteiger partial charge in [-0.25, -0.2) is 0 Å². The molecule has 1 aromatic rings. The van der Waals surface area contributed by atoms with Gasteiger partial charge >= 0.3 is 0 Å². The monoisotopic (exact) mass is 318 g/mol. The number of hydrogen-bond donors (Lipinski definition) is 2. The number of rotatable bonds is 3. The normalized spacial score (nSPS) is 22.2. The van der Waals surface area contributed by atoms with Crippen LogP contribution in [-0.4, -0.2) is 11.2 Å². The molecule has 0 atom stereocenters. The molecule has 1 saturated carbocycles. The molecule has 2 rings (SSSR count). The number of hydrogen-bond acceptors (Lipinski definition) is 1. The highest BCUT2D eigenvalue weighted by Crippen LogP contribution is 2.37. The summed E-state index contributed by atoms with van der Waals surface area (Å²) in [4.78, 5) is 0. The first kappa shape index (κ1) is 17.3. The summed E-state index contributed by atoms with van der Waals surface area (Å²) < 4.78 is 0. The van der Waals surface area contributed by atoms with E-state index in [1.807, 2.05) is 0 Å². The molecule has 1 aromatic carbocycles. The molecule has 0 spiro atoms. The van der Waals surface area contributed by atoms with Crippen LogP contribution in [0.15, 0.2) is 24.3 Å². The zero-order valence-electron chi connectivity index (χ0n) is 14.4. The molecule has 0 bridgehead atoms. The second kappa shape index (κ2) is 7.45. The van der Waals surface area contributed by atoms with Crippen molar-refractivity contribution in [2.24, 2.45) is 11.3 Å². The number of para-hydroxylation sites is 1. The minimum Gasteiger partial charge on any atom is -0.360 e. The van der Waals surface area contributed by atoms with Gasteiger partial charge < -0.3 is 10.6 Å². The molecule has 1 fully saturated rings. The van der Waals surface area contributed by atoms with Gasteiger partial charge in [-0.2, -0.15) is 0 Å². The van der Waals surface area contributed by atoms with Crippen LogP contribution in [0.1, 0.15) is 58.9 Å². The third kappa shape index (κ3) is 4.70. The molecular formula is C19H30N2S. The van der Waals surface area contributed by atoms with Crippen molar-refractivity contribution in [1.29, 1.82) is 0 Å². The van der Waals surface area contributed by atoms with Gasteiger partial charge in [-0.3, -0.25) is 0 Å². The lowest BCUT2D eigenvalue weighted by atomic mass is 9.71. The molecule has 3 heteroatoms. The molecule has 2 N–H and O–H groups in total. The minimum absolute atomic E-state index is 0.434. The zero-order valence-corrected chi connectivity index (χ0v) is 15.2. The summed E-state index contributed by atoms with van der Waals surface area (Å²) in [6.45, 7) is 9.25. The van der Waals surface area contributed by atoms with Crippen molar-refractivity contribution >= 4 is 23.0 Å². The van der Waals surface area contributed by atoms with Crippen LogP contribution in [0.3, 0.4) is 0 Å². The third-order valence-corrected chi connectivity index (χ3v) is 5.15. The minimum atomic E-state index is 0.434. The fourth-order valence-corrected chi connectivity index (χ4v) is 3.67. The number of nitrogens with one attached hydrogen (secondary N) is 2. The lowest BCUT2D eigenvalue weighted by Crippen LogP contribution is -2.41. The SMILES string of the molecule is CCc1ccccc1NC(=S)NC1CCC(C(C)(C)C)CC1. The van der Waals surface area contributed by atoms with E-state index in [4.69, 9.17) is 12.2 Å². The Hall–Kier alpha value is -1.09. The summed E-state index contributed by atoms with van der Waals surface area (Å²) in [6, 6.07) is 8.91. The summed E-state index contributed by atoms with van der Waals surface area (Å²) in [7, 11) is 0. The first-order valence-electron chi connectivity index (χ1n) is 8.55. The van der Waals surface area contributed by atoms with Crippen molar-refractivity contribution in [2.75, 3.05) is 5.32 Å². The van der Waals surface area contributed by atoms with E-state index in [0.29, 0.717) is 11.5 Å². The topological polar surface area (TPSA) is 24.1 Å². The predicted molar refractivity (Wildman–Crippen MR) is 100 cm³/mol. The van der Waals surface area contributed by atoms with Crippen molar-refractivity contribution in [1.82, 2.24) is 5.32 Å². The van der Waals surface area contributed by atoms with Crippen LogP contribution in [-0.2, 0) is 6.42 Å². The fraction of sp³-hybridized carbons (Fsp3) is 0.632. The van der Waals surface area contributed by atoms with E-state index >= 15 is 0 Å². The highest BCUT2D eigenvalue weighted by Gasteiger charge is 2.29. The number of benzene rings is 1. The van der Waals surface area contributed by atoms with Crippen molar-refractivity contribution in [3.63, 3.8) is 0 Å². The van der Waals surface area contributed by atoms with Crippen molar-refractivity contribution in [2.45, 2.75) is 65.8 Å². The Morgan fingerprint density at radius 3 is 2.36 bits per heavy atom. The maximum absolute atomic E-state index is 5.51. The molecule has 0 heterocycles. The molecule has 0 radical (unpaired) electrons. The Balaban J connectivity index is 1.84. The van der Waals surface area contributed by atoms with E-state index in [9.17, 15) is 0 Å². The quantitative estimate of drug-likeness (QED) is 0.755. The largest absolute Gasteiger partial charge is 0.360 e. The second-order valence-electron chi connectivity index (χ2n) is 7.52. The van der Waals surface area contributed by atoms with Crippen molar-refractivity contribution in [3.05, 3.63) is 29.8 Å². The standard InChI is InChI=1S/C19H30N2S/c1-5-14-8-6-7-9-17(14)21-18(22)20-16-12-10-15(11-13-16)19(2,3)4/h6-9,15-16H,5,10-13H2,1-4H3,(H2,20,21,22). The van der Waals surface area contributed by atoms with Crippen LogP contribution in [0.4, 0.5) is 5.69 Å². The number of aryl methyl sites for hydroxylation is 1. The van der Waals surface area contributed by atoms with E-state index in [1.54, 1.807) is 0 Å². The summed E-state index contributed by atoms with van der Waals surface area (Å²) in [5.41, 5.74) is 2.87. The lowest BCUT2D eigenvalue weighted by molar-refractivity contribution is 0.166. The van der Waals surface area contributed by atoms with Gasteiger partial charge in [-0.05, 0) is 67.3 Å². The maximum atomic E-state index is 5.51. The van der Waals surface area contributed by atoms with E-state index in [0.717, 1.165) is 23.1 Å². The summed E-state index contributed by atoms with van der Waals surface area (Å²) in [5.74, 6) is 0.841. The van der Waals surface area contributed by atoms with Gasteiger partial charge in [0.2, 0.25) is 0 Å². The Labute approximate surface area is 141 Å². The molecule has 0 saturated heterocycles. The Kier molecular flexibility index (Phi) is 5.85. The molecule has 122 valence electrons. The molecule has 1 aliphatic rings. The molecular weight excluding hydrogens is 288 g/mol. The predicted octanol–water partition coefficient (Wildman–Crippen LogP) is 5.14. The molecule has 22 heavy (non-hydrogen) atoms. The summed E-state index contributed by atoms with van der Waals surface area (Å²) >= 11 is 5.51. The maximum Gasteiger partial charge on any atom is 0.171 e. The van der Waals surface area contributed by atoms with Crippen molar-refractivity contribution in [3.8, 4) is 0 Å². The first-order chi connectivity index (χ1) is 10.4. The van der Waals surface area contributed by atoms with E-state index in [2.05, 4.69) is 62.6 Å². The Morgan fingerprint density at radius 2 is 1.77 bits per heavy atom. The van der Waals surface area contributed by atoms with Crippen LogP contribution < -0.4 is 10.6 Å². The second-order valence-corrected chi connectivity index (χ2v) is 7.93. The molecule has 0 unspecified atom stereocenters. The van der Waals surface area contributed by atoms with Gasteiger partial charge in [-0.1, -0.05) is 45.9 Å². The smallest absolute Gasteiger partial charge is 0.171 e. The van der Waals surface area contributed by atoms with Gasteiger partial charge in [0.1, 0.15) is 0 Å². The Bertz CT molecular complexity index is 496. The van der Waals surface area contributed by atoms with E-state index < -0.39 is 0 Å². The van der Waals surface area contributed by atoms with Gasteiger partial charge in [0.05, 0.1) is 0 Å². The van der Waals surface area contributed by atoms with Gasteiger partial charge in [0, 0.05) is 11.7 Å². The van der Waals surface area contributed by atoms with E-state index in [-0.39, 0.29) is 0 Å². The zero-order chi connectivity index (χ0) is 16.2. The van der Waals surface area contributed by atoms with Crippen LogP contribution in [0.25, 0.3) is 0 Å². The van der Waals surface area contributed by atoms with Crippen molar-refractivity contribution < 1.29 is 0 Å². The fourth-order valence-electron chi connectivity index (χ4n) is 3.40. The Morgan fingerprint density at radius 1 is 1.14 bits per heavy atom. The summed E-state index contributed by atoms with van der Waals surface area (Å²) in [5, 5.41) is 7.65. The molecule has 2 nitrogen and oxygen atoms in total. The molecule has 1 aliphatic carbocycles. The van der Waals surface area contributed by atoms with Gasteiger partial charge in [0.25, 0.3) is 0 Å². The van der Waals surface area contributed by atoms with Crippen LogP contribution >= 0.6 is 12.2 Å². The van der Waals surface area contributed by atoms with Gasteiger partial charge in [-0.15, -0.1) is 0 Å². The van der Waals surface area contributed by atoms with E-state index in [1.165, 1.54) is 31.2 Å². The number of thiocarbonyl (C=S) groups is 1. The average Bonchev–Trinajstić information content (AvgIpc) is 2.47. The third-order valence-electron chi connectivity index (χ3n) is 4.93. The van der Waals surface area contributed by atoms with Crippen LogP contribution in [0.2, 0.25) is 0 Å². The highest BCUT2D eigenvalue weighted by molar-refractivity contribution is 7.80. The first-order valence-corrected chi connectivity index (χ1v) is 8.96. The lowest BCUT2D eigenvalue weighted by Gasteiger charge is -2.37. The van der Waals surface area contributed by atoms with Crippen LogP contribution in [0, 0.1) is 11.3 Å². The van der Waals surface area contributed by atoms with Gasteiger partial charge in [0.15, 0.2) is 5.11 Å². The molecule has 0 aromatic heterocycles. The van der Waals surface area contributed by atoms with Crippen LogP contribution in [0.5, 0.6) is 0 Å². The highest BCUT2D eigenvalue weighted by atomic mass is 32.1. The molecule has 0 aliphatic heterocycles. The number of anilines is 1. The average molecular weight is 319 g/mol.